The summed E-state index contributed by atoms with van der Waals surface area (Å²) in [6.45, 7) is 3.96. The first-order valence-electron chi connectivity index (χ1n) is 12.1. The van der Waals surface area contributed by atoms with E-state index in [0.29, 0.717) is 24.1 Å². The van der Waals surface area contributed by atoms with Gasteiger partial charge in [-0.25, -0.2) is 8.42 Å². The van der Waals surface area contributed by atoms with Crippen molar-refractivity contribution in [2.75, 3.05) is 4.72 Å². The van der Waals surface area contributed by atoms with Crippen molar-refractivity contribution in [3.05, 3.63) is 59.7 Å². The molecular formula is C27H30N2O5S. The monoisotopic (exact) mass is 494 g/mol. The second kappa shape index (κ2) is 9.82. The number of nitrogens with zero attached hydrogens (tertiary/aromatic N) is 1. The minimum absolute atomic E-state index is 0.0408. The van der Waals surface area contributed by atoms with Gasteiger partial charge in [-0.1, -0.05) is 38.8 Å². The van der Waals surface area contributed by atoms with Crippen molar-refractivity contribution in [3.8, 4) is 6.07 Å². The number of cyclic esters (lactones) is 1. The fourth-order valence-electron chi connectivity index (χ4n) is 5.21. The number of ether oxygens (including phenoxy) is 1. The van der Waals surface area contributed by atoms with Gasteiger partial charge in [0.25, 0.3) is 10.0 Å². The highest BCUT2D eigenvalue weighted by atomic mass is 32.2. The highest BCUT2D eigenvalue weighted by molar-refractivity contribution is 7.92. The van der Waals surface area contributed by atoms with Gasteiger partial charge in [-0.15, -0.1) is 0 Å². The van der Waals surface area contributed by atoms with Crippen LogP contribution in [0.15, 0.2) is 53.4 Å². The Kier molecular flexibility index (Phi) is 7.00. The van der Waals surface area contributed by atoms with Crippen molar-refractivity contribution in [1.82, 2.24) is 0 Å². The molecule has 1 N–H and O–H groups in total. The number of rotatable bonds is 10. The molecular weight excluding hydrogens is 464 g/mol. The van der Waals surface area contributed by atoms with Crippen molar-refractivity contribution in [2.45, 2.75) is 68.8 Å². The zero-order valence-corrected chi connectivity index (χ0v) is 20.8. The Labute approximate surface area is 206 Å². The van der Waals surface area contributed by atoms with Crippen LogP contribution in [0.3, 0.4) is 0 Å². The van der Waals surface area contributed by atoms with Crippen LogP contribution < -0.4 is 4.72 Å². The lowest BCUT2D eigenvalue weighted by atomic mass is 9.75. The lowest BCUT2D eigenvalue weighted by Gasteiger charge is -2.26. The van der Waals surface area contributed by atoms with Gasteiger partial charge < -0.3 is 4.74 Å². The van der Waals surface area contributed by atoms with Crippen LogP contribution >= 0.6 is 0 Å². The molecule has 2 aromatic rings. The van der Waals surface area contributed by atoms with Gasteiger partial charge in [0.1, 0.15) is 5.92 Å². The summed E-state index contributed by atoms with van der Waals surface area (Å²) in [4.78, 5) is 26.7. The molecule has 1 saturated carbocycles. The molecule has 35 heavy (non-hydrogen) atoms. The fraction of sp³-hybridized carbons (Fsp3) is 0.444. The number of benzene rings is 2. The molecule has 184 valence electrons. The highest BCUT2D eigenvalue weighted by Gasteiger charge is 2.58. The SMILES string of the molecule is CCCC1(CCC)OC(=O)C(C(c2cccc(NS(=O)(=O)c3ccc(C#N)cc3)c2)C2CC2)C1=O. The topological polar surface area (TPSA) is 113 Å². The van der Waals surface area contributed by atoms with Crippen molar-refractivity contribution in [2.24, 2.45) is 11.8 Å². The lowest BCUT2D eigenvalue weighted by Crippen LogP contribution is -2.38. The quantitative estimate of drug-likeness (QED) is 0.370. The second-order valence-corrected chi connectivity index (χ2v) is 11.2. The number of hydrogen-bond donors (Lipinski definition) is 1. The molecule has 2 atom stereocenters. The average Bonchev–Trinajstić information content (AvgIpc) is 3.63. The van der Waals surface area contributed by atoms with Crippen molar-refractivity contribution in [1.29, 1.82) is 5.26 Å². The molecule has 4 rings (SSSR count). The Hall–Kier alpha value is -3.18. The molecule has 1 saturated heterocycles. The van der Waals surface area contributed by atoms with Crippen LogP contribution in [0.4, 0.5) is 5.69 Å². The van der Waals surface area contributed by atoms with Crippen LogP contribution in [0.25, 0.3) is 0 Å². The third kappa shape index (κ3) is 4.96. The number of esters is 1. The van der Waals surface area contributed by atoms with Crippen molar-refractivity contribution < 1.29 is 22.7 Å². The number of nitrogens with one attached hydrogen (secondary N) is 1. The first-order chi connectivity index (χ1) is 16.7. The fourth-order valence-corrected chi connectivity index (χ4v) is 6.26. The van der Waals surface area contributed by atoms with Gasteiger partial charge in [-0.2, -0.15) is 5.26 Å². The summed E-state index contributed by atoms with van der Waals surface area (Å²) in [6, 6.07) is 14.6. The predicted molar refractivity (Wildman–Crippen MR) is 131 cm³/mol. The van der Waals surface area contributed by atoms with E-state index in [9.17, 15) is 18.0 Å². The van der Waals surface area contributed by atoms with E-state index in [4.69, 9.17) is 10.00 Å². The zero-order chi connectivity index (χ0) is 25.2. The minimum Gasteiger partial charge on any atom is -0.450 e. The number of anilines is 1. The number of hydrogen-bond acceptors (Lipinski definition) is 6. The Morgan fingerprint density at radius 2 is 1.74 bits per heavy atom. The van der Waals surface area contributed by atoms with Gasteiger partial charge in [-0.05, 0) is 73.6 Å². The van der Waals surface area contributed by atoms with E-state index >= 15 is 0 Å². The van der Waals surface area contributed by atoms with Crippen LogP contribution in [0.2, 0.25) is 0 Å². The Morgan fingerprint density at radius 1 is 1.09 bits per heavy atom. The minimum atomic E-state index is -3.88. The van der Waals surface area contributed by atoms with Gasteiger partial charge in [0.05, 0.1) is 16.5 Å². The van der Waals surface area contributed by atoms with E-state index in [-0.39, 0.29) is 22.5 Å². The Morgan fingerprint density at radius 3 is 2.31 bits per heavy atom. The van der Waals surface area contributed by atoms with Gasteiger partial charge in [0, 0.05) is 11.6 Å². The van der Waals surface area contributed by atoms with Crippen LogP contribution in [0, 0.1) is 23.2 Å². The largest absolute Gasteiger partial charge is 0.450 e. The van der Waals surface area contributed by atoms with E-state index in [2.05, 4.69) is 4.72 Å². The third-order valence-electron chi connectivity index (χ3n) is 6.90. The molecule has 1 heterocycles. The summed E-state index contributed by atoms with van der Waals surface area (Å²) in [5, 5.41) is 8.95. The molecule has 2 aliphatic rings. The summed E-state index contributed by atoms with van der Waals surface area (Å²) in [5.74, 6) is -1.62. The Bertz CT molecular complexity index is 1250. The molecule has 0 radical (unpaired) electrons. The van der Waals surface area contributed by atoms with Crippen LogP contribution in [0.5, 0.6) is 0 Å². The summed E-state index contributed by atoms with van der Waals surface area (Å²) in [7, 11) is -3.88. The number of ketones is 1. The molecule has 0 aromatic heterocycles. The predicted octanol–water partition coefficient (Wildman–Crippen LogP) is 4.93. The Balaban J connectivity index is 1.63. The zero-order valence-electron chi connectivity index (χ0n) is 20.0. The lowest BCUT2D eigenvalue weighted by molar-refractivity contribution is -0.154. The molecule has 2 aromatic carbocycles. The summed E-state index contributed by atoms with van der Waals surface area (Å²) >= 11 is 0. The molecule has 2 fully saturated rings. The van der Waals surface area contributed by atoms with Crippen molar-refractivity contribution in [3.63, 3.8) is 0 Å². The maximum Gasteiger partial charge on any atom is 0.318 e. The third-order valence-corrected chi connectivity index (χ3v) is 8.29. The molecule has 1 aliphatic heterocycles. The van der Waals surface area contributed by atoms with Crippen molar-refractivity contribution >= 4 is 27.5 Å². The highest BCUT2D eigenvalue weighted by Crippen LogP contribution is 2.51. The van der Waals surface area contributed by atoms with Crippen LogP contribution in [-0.4, -0.2) is 25.8 Å². The number of carbonyl (C=O) groups excluding carboxylic acids is 2. The number of carbonyl (C=O) groups is 2. The second-order valence-electron chi connectivity index (χ2n) is 9.49. The van der Waals surface area contributed by atoms with Gasteiger partial charge >= 0.3 is 5.97 Å². The molecule has 0 amide bonds. The summed E-state index contributed by atoms with van der Waals surface area (Å²) in [5.41, 5.74) is 0.428. The van der Waals surface area contributed by atoms with Gasteiger partial charge in [0.15, 0.2) is 11.4 Å². The summed E-state index contributed by atoms with van der Waals surface area (Å²) in [6.07, 6.45) is 4.35. The van der Waals surface area contributed by atoms with E-state index in [1.807, 2.05) is 26.0 Å². The standard InChI is InChI=1S/C27H30N2O5S/c1-3-14-27(15-4-2)25(30)24(26(31)34-27)23(19-10-11-19)20-6-5-7-21(16-20)29-35(32,33)22-12-8-18(17-28)9-13-22/h5-9,12-13,16,19,23-24,29H,3-4,10-11,14-15H2,1-2H3. The molecule has 2 unspecified atom stereocenters. The molecule has 8 heteroatoms. The smallest absolute Gasteiger partial charge is 0.318 e. The van der Waals surface area contributed by atoms with Crippen LogP contribution in [-0.2, 0) is 24.3 Å². The summed E-state index contributed by atoms with van der Waals surface area (Å²) < 4.78 is 34.2. The molecule has 0 bridgehead atoms. The van der Waals surface area contributed by atoms with E-state index in [0.717, 1.165) is 31.2 Å². The normalized spacial score (nSPS) is 20.2. The van der Waals surface area contributed by atoms with Crippen LogP contribution in [0.1, 0.15) is 69.4 Å². The van der Waals surface area contributed by atoms with E-state index in [1.165, 1.54) is 24.3 Å². The van der Waals surface area contributed by atoms with E-state index in [1.54, 1.807) is 18.2 Å². The first kappa shape index (κ1) is 24.9. The van der Waals surface area contributed by atoms with Gasteiger partial charge in [0.2, 0.25) is 0 Å². The first-order valence-corrected chi connectivity index (χ1v) is 13.6. The average molecular weight is 495 g/mol. The van der Waals surface area contributed by atoms with E-state index < -0.39 is 27.5 Å². The number of Topliss-reactive ketones (excluding diaryl/α,β-unsaturated/α-hetero) is 1. The maximum absolute atomic E-state index is 13.6. The maximum atomic E-state index is 13.6. The van der Waals surface area contributed by atoms with Gasteiger partial charge in [-0.3, -0.25) is 14.3 Å². The number of nitriles is 1. The molecule has 0 spiro atoms. The molecule has 1 aliphatic carbocycles. The molecule has 7 nitrogen and oxygen atoms in total. The number of sulfonamides is 1.